The first-order chi connectivity index (χ1) is 28.0. The highest BCUT2D eigenvalue weighted by atomic mass is 31.2. The monoisotopic (exact) mass is 845 g/mol. The van der Waals surface area contributed by atoms with Gasteiger partial charge in [-0.05, 0) is 32.1 Å². The number of rotatable bonds is 45. The molecule has 9 nitrogen and oxygen atoms in total. The van der Waals surface area contributed by atoms with Gasteiger partial charge in [0.2, 0.25) is 0 Å². The molecule has 1 N–H and O–H groups in total. The van der Waals surface area contributed by atoms with Gasteiger partial charge in [0.25, 0.3) is 0 Å². The molecule has 58 heavy (non-hydrogen) atoms. The fourth-order valence-corrected chi connectivity index (χ4v) is 7.70. The van der Waals surface area contributed by atoms with E-state index in [0.29, 0.717) is 23.9 Å². The Labute approximate surface area is 358 Å². The van der Waals surface area contributed by atoms with Crippen LogP contribution < -0.4 is 0 Å². The van der Waals surface area contributed by atoms with E-state index in [1.807, 2.05) is 21.1 Å². The SMILES string of the molecule is CCCCCCCCCCCCCCCCCCCC/C=C/CCCC(=O)OC[C@@H](COP(=O)(O)OCC[N+](C)(C)C)OC(=O)CCCCCCCCCCCCC. The van der Waals surface area contributed by atoms with E-state index in [0.717, 1.165) is 25.7 Å². The zero-order valence-electron chi connectivity index (χ0n) is 38.8. The van der Waals surface area contributed by atoms with Crippen LogP contribution in [0.5, 0.6) is 0 Å². The third-order valence-electron chi connectivity index (χ3n) is 10.8. The number of carbonyl (C=O) groups excluding carboxylic acids is 2. The van der Waals surface area contributed by atoms with E-state index >= 15 is 0 Å². The van der Waals surface area contributed by atoms with Crippen molar-refractivity contribution in [2.24, 2.45) is 0 Å². The van der Waals surface area contributed by atoms with Crippen molar-refractivity contribution in [3.63, 3.8) is 0 Å². The van der Waals surface area contributed by atoms with Gasteiger partial charge in [-0.1, -0.05) is 199 Å². The summed E-state index contributed by atoms with van der Waals surface area (Å²) in [4.78, 5) is 35.4. The van der Waals surface area contributed by atoms with Gasteiger partial charge in [0.15, 0.2) is 6.10 Å². The number of quaternary nitrogens is 1. The number of phosphoric ester groups is 1. The van der Waals surface area contributed by atoms with Gasteiger partial charge < -0.3 is 18.9 Å². The first-order valence-corrected chi connectivity index (χ1v) is 25.9. The predicted molar refractivity (Wildman–Crippen MR) is 243 cm³/mol. The Bertz CT molecular complexity index is 1000. The summed E-state index contributed by atoms with van der Waals surface area (Å²) in [5, 5.41) is 0. The van der Waals surface area contributed by atoms with Crippen LogP contribution in [0.15, 0.2) is 12.2 Å². The van der Waals surface area contributed by atoms with Crippen molar-refractivity contribution in [2.75, 3.05) is 47.5 Å². The molecule has 0 spiro atoms. The minimum Gasteiger partial charge on any atom is -0.462 e. The Kier molecular flexibility index (Phi) is 40.2. The summed E-state index contributed by atoms with van der Waals surface area (Å²) in [6, 6.07) is 0. The molecule has 0 heterocycles. The summed E-state index contributed by atoms with van der Waals surface area (Å²) in [5.41, 5.74) is 0. The van der Waals surface area contributed by atoms with Gasteiger partial charge in [0, 0.05) is 12.8 Å². The van der Waals surface area contributed by atoms with Gasteiger partial charge in [-0.3, -0.25) is 18.6 Å². The zero-order chi connectivity index (χ0) is 42.8. The van der Waals surface area contributed by atoms with E-state index in [2.05, 4.69) is 26.0 Å². The van der Waals surface area contributed by atoms with E-state index in [1.54, 1.807) is 0 Å². The molecule has 0 bridgehead atoms. The summed E-state index contributed by atoms with van der Waals surface area (Å²) < 4.78 is 34.3. The first-order valence-electron chi connectivity index (χ1n) is 24.4. The molecule has 344 valence electrons. The third-order valence-corrected chi connectivity index (χ3v) is 11.8. The van der Waals surface area contributed by atoms with E-state index in [9.17, 15) is 19.0 Å². The molecule has 0 fully saturated rings. The first kappa shape index (κ1) is 56.8. The standard InChI is InChI=1S/C48H94NO8P/c1-6-8-10-12-14-16-18-19-20-21-22-23-24-25-26-27-28-29-31-32-34-36-38-40-47(50)54-44-46(45-56-58(52,53)55-43-42-49(3,4)5)57-48(51)41-39-37-35-33-30-17-15-13-11-9-7-2/h32,34,46H,6-31,33,35-45H2,1-5H3/p+1/b34-32+/t46-/m0/s1. The van der Waals surface area contributed by atoms with Crippen LogP contribution in [0.2, 0.25) is 0 Å². The molecule has 2 atom stereocenters. The maximum Gasteiger partial charge on any atom is 0.472 e. The minimum atomic E-state index is -4.37. The number of unbranched alkanes of at least 4 members (excludes halogenated alkanes) is 29. The summed E-state index contributed by atoms with van der Waals surface area (Å²) in [7, 11) is 1.48. The van der Waals surface area contributed by atoms with Crippen LogP contribution in [-0.4, -0.2) is 74.9 Å². The number of likely N-dealkylation sites (N-methyl/N-ethyl adjacent to an activating group) is 1. The highest BCUT2D eigenvalue weighted by Crippen LogP contribution is 2.43. The Morgan fingerprint density at radius 3 is 1.33 bits per heavy atom. The van der Waals surface area contributed by atoms with Crippen molar-refractivity contribution in [2.45, 2.75) is 238 Å². The quantitative estimate of drug-likeness (QED) is 0.0212. The van der Waals surface area contributed by atoms with Crippen molar-refractivity contribution < 1.29 is 42.1 Å². The lowest BCUT2D eigenvalue weighted by molar-refractivity contribution is -0.870. The molecule has 0 aromatic carbocycles. The number of allylic oxidation sites excluding steroid dienone is 2. The third kappa shape index (κ3) is 44.3. The second kappa shape index (κ2) is 41.1. The van der Waals surface area contributed by atoms with Gasteiger partial charge in [0.05, 0.1) is 27.7 Å². The van der Waals surface area contributed by atoms with E-state index in [1.165, 1.54) is 167 Å². The molecule has 0 radical (unpaired) electrons. The summed E-state index contributed by atoms with van der Waals surface area (Å²) >= 11 is 0. The molecule has 0 aliphatic rings. The molecule has 0 rings (SSSR count). The lowest BCUT2D eigenvalue weighted by Crippen LogP contribution is -2.37. The Hall–Kier alpha value is -1.25. The van der Waals surface area contributed by atoms with Gasteiger partial charge in [-0.2, -0.15) is 0 Å². The maximum atomic E-state index is 12.7. The smallest absolute Gasteiger partial charge is 0.462 e. The molecular formula is C48H95NO8P+. The normalized spacial score (nSPS) is 13.6. The second-order valence-electron chi connectivity index (χ2n) is 17.9. The number of esters is 2. The molecule has 0 aliphatic heterocycles. The molecule has 0 saturated carbocycles. The van der Waals surface area contributed by atoms with Crippen molar-refractivity contribution in [1.82, 2.24) is 0 Å². The molecule has 10 heteroatoms. The largest absolute Gasteiger partial charge is 0.472 e. The van der Waals surface area contributed by atoms with Crippen LogP contribution >= 0.6 is 7.82 Å². The van der Waals surface area contributed by atoms with Crippen molar-refractivity contribution >= 4 is 19.8 Å². The lowest BCUT2D eigenvalue weighted by atomic mass is 10.0. The fraction of sp³-hybridized carbons (Fsp3) is 0.917. The number of carbonyl (C=O) groups is 2. The molecule has 1 unspecified atom stereocenters. The molecule has 0 aromatic heterocycles. The van der Waals surface area contributed by atoms with Crippen LogP contribution in [0.25, 0.3) is 0 Å². The minimum absolute atomic E-state index is 0.0313. The highest BCUT2D eigenvalue weighted by molar-refractivity contribution is 7.47. The van der Waals surface area contributed by atoms with Crippen molar-refractivity contribution in [3.8, 4) is 0 Å². The second-order valence-corrected chi connectivity index (χ2v) is 19.3. The molecule has 0 aromatic rings. The number of nitrogens with zero attached hydrogens (tertiary/aromatic N) is 1. The maximum absolute atomic E-state index is 12.7. The fourth-order valence-electron chi connectivity index (χ4n) is 6.96. The molecular weight excluding hydrogens is 750 g/mol. The predicted octanol–water partition coefficient (Wildman–Crippen LogP) is 14.1. The van der Waals surface area contributed by atoms with Gasteiger partial charge in [-0.25, -0.2) is 4.57 Å². The van der Waals surface area contributed by atoms with Gasteiger partial charge >= 0.3 is 19.8 Å². The number of ether oxygens (including phenoxy) is 2. The molecule has 0 aliphatic carbocycles. The summed E-state index contributed by atoms with van der Waals surface area (Å²) in [5.74, 6) is -0.825. The topological polar surface area (TPSA) is 108 Å². The van der Waals surface area contributed by atoms with Crippen LogP contribution in [0.4, 0.5) is 0 Å². The summed E-state index contributed by atoms with van der Waals surface area (Å²) in [6.07, 6.45) is 44.3. The van der Waals surface area contributed by atoms with Crippen molar-refractivity contribution in [1.29, 1.82) is 0 Å². The average molecular weight is 845 g/mol. The summed E-state index contributed by atoms with van der Waals surface area (Å²) in [6.45, 7) is 4.42. The molecule has 0 saturated heterocycles. The number of hydrogen-bond acceptors (Lipinski definition) is 7. The van der Waals surface area contributed by atoms with Crippen LogP contribution in [0, 0.1) is 0 Å². The van der Waals surface area contributed by atoms with Crippen LogP contribution in [0.1, 0.15) is 232 Å². The average Bonchev–Trinajstić information content (AvgIpc) is 3.17. The lowest BCUT2D eigenvalue weighted by Gasteiger charge is -2.24. The Morgan fingerprint density at radius 1 is 0.517 bits per heavy atom. The van der Waals surface area contributed by atoms with E-state index in [4.69, 9.17) is 18.5 Å². The molecule has 0 amide bonds. The van der Waals surface area contributed by atoms with Crippen LogP contribution in [0.3, 0.4) is 0 Å². The van der Waals surface area contributed by atoms with Gasteiger partial charge in [-0.15, -0.1) is 0 Å². The number of phosphoric acid groups is 1. The van der Waals surface area contributed by atoms with E-state index < -0.39 is 32.5 Å². The highest BCUT2D eigenvalue weighted by Gasteiger charge is 2.27. The zero-order valence-corrected chi connectivity index (χ0v) is 39.7. The Balaban J connectivity index is 4.18. The Morgan fingerprint density at radius 2 is 0.897 bits per heavy atom. The van der Waals surface area contributed by atoms with E-state index in [-0.39, 0.29) is 26.1 Å². The van der Waals surface area contributed by atoms with Crippen molar-refractivity contribution in [3.05, 3.63) is 12.2 Å². The number of hydrogen-bond donors (Lipinski definition) is 1. The van der Waals surface area contributed by atoms with Gasteiger partial charge in [0.1, 0.15) is 19.8 Å². The van der Waals surface area contributed by atoms with Crippen LogP contribution in [-0.2, 0) is 32.7 Å².